The second-order valence-corrected chi connectivity index (χ2v) is 8.02. The lowest BCUT2D eigenvalue weighted by atomic mass is 10.0. The van der Waals surface area contributed by atoms with Gasteiger partial charge in [-0.15, -0.1) is 0 Å². The van der Waals surface area contributed by atoms with E-state index >= 15 is 0 Å². The minimum absolute atomic E-state index is 0.299. The van der Waals surface area contributed by atoms with Crippen molar-refractivity contribution in [3.8, 4) is 0 Å². The van der Waals surface area contributed by atoms with Gasteiger partial charge in [-0.05, 0) is 23.6 Å². The van der Waals surface area contributed by atoms with Gasteiger partial charge in [0.15, 0.2) is 0 Å². The Balaban J connectivity index is 1.47. The van der Waals surface area contributed by atoms with Crippen LogP contribution < -0.4 is 4.90 Å². The molecule has 4 rings (SSSR count). The molecule has 2 aromatic heterocycles. The summed E-state index contributed by atoms with van der Waals surface area (Å²) in [5, 5.41) is 4.30. The number of rotatable bonds is 5. The zero-order chi connectivity index (χ0) is 19.7. The Bertz CT molecular complexity index is 892. The average Bonchev–Trinajstić information content (AvgIpc) is 3.33. The largest absolute Gasteiger partial charge is 0.367 e. The van der Waals surface area contributed by atoms with Crippen molar-refractivity contribution in [2.45, 2.75) is 33.1 Å². The Morgan fingerprint density at radius 2 is 2.04 bits per heavy atom. The molecule has 2 aliphatic rings. The summed E-state index contributed by atoms with van der Waals surface area (Å²) in [5.41, 5.74) is 6.02. The van der Waals surface area contributed by atoms with Crippen molar-refractivity contribution in [3.63, 3.8) is 0 Å². The smallest absolute Gasteiger partial charge is 0.222 e. The third-order valence-corrected chi connectivity index (χ3v) is 5.99. The van der Waals surface area contributed by atoms with Crippen LogP contribution >= 0.6 is 0 Å². The minimum Gasteiger partial charge on any atom is -0.367 e. The number of aromatic nitrogens is 3. The molecular weight excluding hydrogens is 350 g/mol. The number of carbonyl (C=O) groups excluding carboxylic acids is 1. The van der Waals surface area contributed by atoms with Crippen molar-refractivity contribution in [3.05, 3.63) is 41.5 Å². The summed E-state index contributed by atoms with van der Waals surface area (Å²) in [7, 11) is 1.94. The fraction of sp³-hybridized carbons (Fsp3) is 0.500. The summed E-state index contributed by atoms with van der Waals surface area (Å²) in [6.07, 6.45) is 10.7. The van der Waals surface area contributed by atoms with Gasteiger partial charge in [-0.2, -0.15) is 5.10 Å². The summed E-state index contributed by atoms with van der Waals surface area (Å²) in [5.74, 6) is 0.762. The number of piperazine rings is 1. The van der Waals surface area contributed by atoms with E-state index in [1.165, 1.54) is 16.8 Å². The molecular formula is C22H29N5O. The SMILES string of the molecule is CCC(C)CC(=O)N1CCN(c2ccnc3c2C=C(c2cnn(C)c2)C3)CC1. The number of fused-ring (bicyclic) bond motifs is 1. The Morgan fingerprint density at radius 1 is 1.25 bits per heavy atom. The van der Waals surface area contributed by atoms with Crippen LogP contribution in [0, 0.1) is 5.92 Å². The van der Waals surface area contributed by atoms with Crippen molar-refractivity contribution in [2.75, 3.05) is 31.1 Å². The quantitative estimate of drug-likeness (QED) is 0.801. The monoisotopic (exact) mass is 379 g/mol. The summed E-state index contributed by atoms with van der Waals surface area (Å²) >= 11 is 0. The zero-order valence-corrected chi connectivity index (χ0v) is 17.1. The number of carbonyl (C=O) groups is 1. The van der Waals surface area contributed by atoms with E-state index in [0.29, 0.717) is 18.2 Å². The highest BCUT2D eigenvalue weighted by molar-refractivity contribution is 5.91. The van der Waals surface area contributed by atoms with Gasteiger partial charge in [-0.25, -0.2) is 0 Å². The Labute approximate surface area is 166 Å². The third-order valence-electron chi connectivity index (χ3n) is 5.99. The van der Waals surface area contributed by atoms with Gasteiger partial charge < -0.3 is 9.80 Å². The molecule has 0 radical (unpaired) electrons. The molecule has 1 atom stereocenters. The van der Waals surface area contributed by atoms with E-state index in [4.69, 9.17) is 0 Å². The maximum atomic E-state index is 12.5. The van der Waals surface area contributed by atoms with E-state index in [1.54, 1.807) is 0 Å². The molecule has 1 amide bonds. The number of amides is 1. The molecule has 0 N–H and O–H groups in total. The number of hydrogen-bond donors (Lipinski definition) is 0. The van der Waals surface area contributed by atoms with Crippen molar-refractivity contribution >= 4 is 23.2 Å². The summed E-state index contributed by atoms with van der Waals surface area (Å²) < 4.78 is 1.84. The van der Waals surface area contributed by atoms with Gasteiger partial charge in [0, 0.05) is 75.3 Å². The lowest BCUT2D eigenvalue weighted by Gasteiger charge is -2.37. The lowest BCUT2D eigenvalue weighted by Crippen LogP contribution is -2.49. The second-order valence-electron chi connectivity index (χ2n) is 8.02. The highest BCUT2D eigenvalue weighted by Crippen LogP contribution is 2.36. The van der Waals surface area contributed by atoms with Gasteiger partial charge in [-0.3, -0.25) is 14.5 Å². The second kappa shape index (κ2) is 7.78. The molecule has 0 saturated carbocycles. The van der Waals surface area contributed by atoms with Crippen LogP contribution in [0.4, 0.5) is 5.69 Å². The van der Waals surface area contributed by atoms with Crippen molar-refractivity contribution in [2.24, 2.45) is 13.0 Å². The molecule has 0 bridgehead atoms. The maximum absolute atomic E-state index is 12.5. The van der Waals surface area contributed by atoms with Crippen LogP contribution in [0.15, 0.2) is 24.7 Å². The van der Waals surface area contributed by atoms with Gasteiger partial charge >= 0.3 is 0 Å². The summed E-state index contributed by atoms with van der Waals surface area (Å²) in [6.45, 7) is 7.64. The highest BCUT2D eigenvalue weighted by atomic mass is 16.2. The Morgan fingerprint density at radius 3 is 2.71 bits per heavy atom. The first kappa shape index (κ1) is 18.7. The third kappa shape index (κ3) is 3.68. The van der Waals surface area contributed by atoms with Crippen LogP contribution in [0.25, 0.3) is 11.6 Å². The minimum atomic E-state index is 0.299. The van der Waals surface area contributed by atoms with E-state index in [1.807, 2.05) is 29.0 Å². The standard InChI is InChI=1S/C22H29N5O/c1-4-16(2)11-22(28)27-9-7-26(8-10-27)21-5-6-23-20-13-17(12-19(20)21)18-14-24-25(3)15-18/h5-6,12,14-16H,4,7-11,13H2,1-3H3. The van der Waals surface area contributed by atoms with Crippen LogP contribution in [0.5, 0.6) is 0 Å². The molecule has 6 heteroatoms. The zero-order valence-electron chi connectivity index (χ0n) is 17.1. The molecule has 6 nitrogen and oxygen atoms in total. The van der Waals surface area contributed by atoms with Crippen LogP contribution in [0.3, 0.4) is 0 Å². The van der Waals surface area contributed by atoms with Gasteiger partial charge in [0.25, 0.3) is 0 Å². The molecule has 1 saturated heterocycles. The molecule has 28 heavy (non-hydrogen) atoms. The molecule has 1 aliphatic carbocycles. The molecule has 1 aliphatic heterocycles. The first-order valence-electron chi connectivity index (χ1n) is 10.2. The fourth-order valence-electron chi connectivity index (χ4n) is 4.03. The number of aryl methyl sites for hydroxylation is 1. The number of nitrogens with zero attached hydrogens (tertiary/aromatic N) is 5. The van der Waals surface area contributed by atoms with Crippen molar-refractivity contribution < 1.29 is 4.79 Å². The van der Waals surface area contributed by atoms with E-state index in [9.17, 15) is 4.79 Å². The maximum Gasteiger partial charge on any atom is 0.222 e. The molecule has 2 aromatic rings. The first-order valence-corrected chi connectivity index (χ1v) is 10.2. The van der Waals surface area contributed by atoms with Gasteiger partial charge in [0.1, 0.15) is 0 Å². The summed E-state index contributed by atoms with van der Waals surface area (Å²) in [6, 6.07) is 2.11. The molecule has 3 heterocycles. The van der Waals surface area contributed by atoms with Crippen LogP contribution in [0.1, 0.15) is 43.5 Å². The molecule has 0 spiro atoms. The number of allylic oxidation sites excluding steroid dienone is 1. The Kier molecular flexibility index (Phi) is 5.20. The number of pyridine rings is 1. The van der Waals surface area contributed by atoms with E-state index in [-0.39, 0.29) is 0 Å². The molecule has 1 fully saturated rings. The van der Waals surface area contributed by atoms with Gasteiger partial charge in [-0.1, -0.05) is 20.3 Å². The first-order chi connectivity index (χ1) is 13.5. The lowest BCUT2D eigenvalue weighted by molar-refractivity contribution is -0.132. The number of anilines is 1. The molecule has 1 unspecified atom stereocenters. The highest BCUT2D eigenvalue weighted by Gasteiger charge is 2.26. The van der Waals surface area contributed by atoms with E-state index in [0.717, 1.165) is 50.3 Å². The molecule has 148 valence electrons. The fourth-order valence-corrected chi connectivity index (χ4v) is 4.03. The summed E-state index contributed by atoms with van der Waals surface area (Å²) in [4.78, 5) is 21.5. The van der Waals surface area contributed by atoms with Crippen LogP contribution in [-0.4, -0.2) is 51.8 Å². The Hall–Kier alpha value is -2.63. The number of hydrogen-bond acceptors (Lipinski definition) is 4. The van der Waals surface area contributed by atoms with Crippen LogP contribution in [-0.2, 0) is 18.3 Å². The van der Waals surface area contributed by atoms with Crippen LogP contribution in [0.2, 0.25) is 0 Å². The van der Waals surface area contributed by atoms with Crippen molar-refractivity contribution in [1.82, 2.24) is 19.7 Å². The topological polar surface area (TPSA) is 54.3 Å². The van der Waals surface area contributed by atoms with E-state index < -0.39 is 0 Å². The molecule has 0 aromatic carbocycles. The predicted octanol–water partition coefficient (Wildman–Crippen LogP) is 3.00. The van der Waals surface area contributed by atoms with E-state index in [2.05, 4.69) is 47.2 Å². The van der Waals surface area contributed by atoms with Gasteiger partial charge in [0.05, 0.1) is 11.9 Å². The van der Waals surface area contributed by atoms with Crippen molar-refractivity contribution in [1.29, 1.82) is 0 Å². The normalized spacial score (nSPS) is 17.5. The predicted molar refractivity (Wildman–Crippen MR) is 112 cm³/mol. The van der Waals surface area contributed by atoms with Gasteiger partial charge in [0.2, 0.25) is 5.91 Å². The average molecular weight is 380 g/mol.